The number of hydrogen-bond donors (Lipinski definition) is 2. The fourth-order valence-electron chi connectivity index (χ4n) is 3.04. The highest BCUT2D eigenvalue weighted by atomic mass is 35.5. The van der Waals surface area contributed by atoms with Gasteiger partial charge in [0.1, 0.15) is 5.75 Å². The molecule has 0 atom stereocenters. The molecule has 0 saturated carbocycles. The van der Waals surface area contributed by atoms with Crippen LogP contribution in [0.25, 0.3) is 0 Å². The van der Waals surface area contributed by atoms with Crippen molar-refractivity contribution in [3.8, 4) is 5.75 Å². The Morgan fingerprint density at radius 2 is 1.93 bits per heavy atom. The number of ether oxygens (including phenoxy) is 1. The normalized spacial score (nSPS) is 13.4. The molecule has 1 aliphatic heterocycles. The standard InChI is InChI=1S/C20H20ClN3O4/c1-12(25)22-16-11-14(6-8-18(16)28-2)23-20(27)13-5-7-15(21)17(10-13)24-9-3-4-19(24)26/h5-8,10-11H,3-4,9H2,1-2H3,(H,22,25)(H,23,27). The van der Waals surface area contributed by atoms with E-state index in [1.807, 2.05) is 0 Å². The molecule has 28 heavy (non-hydrogen) atoms. The average Bonchev–Trinajstić information content (AvgIpc) is 3.07. The predicted molar refractivity (Wildman–Crippen MR) is 108 cm³/mol. The summed E-state index contributed by atoms with van der Waals surface area (Å²) in [7, 11) is 1.49. The van der Waals surface area contributed by atoms with Gasteiger partial charge in [0, 0.05) is 31.1 Å². The summed E-state index contributed by atoms with van der Waals surface area (Å²) in [6, 6.07) is 9.74. The molecule has 0 unspecified atom stereocenters. The first-order chi connectivity index (χ1) is 13.4. The number of hydrogen-bond acceptors (Lipinski definition) is 4. The van der Waals surface area contributed by atoms with Crippen LogP contribution in [0.5, 0.6) is 5.75 Å². The zero-order valence-corrected chi connectivity index (χ0v) is 16.3. The van der Waals surface area contributed by atoms with Gasteiger partial charge >= 0.3 is 0 Å². The monoisotopic (exact) mass is 401 g/mol. The average molecular weight is 402 g/mol. The van der Waals surface area contributed by atoms with E-state index in [9.17, 15) is 14.4 Å². The van der Waals surface area contributed by atoms with Crippen LogP contribution in [0.4, 0.5) is 17.1 Å². The number of rotatable bonds is 5. The van der Waals surface area contributed by atoms with E-state index in [2.05, 4.69) is 10.6 Å². The van der Waals surface area contributed by atoms with Crippen LogP contribution in [0.1, 0.15) is 30.1 Å². The van der Waals surface area contributed by atoms with Gasteiger partial charge in [-0.1, -0.05) is 11.6 Å². The molecule has 1 aliphatic rings. The van der Waals surface area contributed by atoms with Gasteiger partial charge in [0.05, 0.1) is 23.5 Å². The molecule has 0 aliphatic carbocycles. The van der Waals surface area contributed by atoms with Gasteiger partial charge in [-0.25, -0.2) is 0 Å². The highest BCUT2D eigenvalue weighted by molar-refractivity contribution is 6.34. The minimum atomic E-state index is -0.358. The lowest BCUT2D eigenvalue weighted by Gasteiger charge is -2.18. The van der Waals surface area contributed by atoms with Crippen LogP contribution in [0.15, 0.2) is 36.4 Å². The quantitative estimate of drug-likeness (QED) is 0.799. The summed E-state index contributed by atoms with van der Waals surface area (Å²) in [6.07, 6.45) is 1.24. The van der Waals surface area contributed by atoms with Gasteiger partial charge in [-0.15, -0.1) is 0 Å². The maximum atomic E-state index is 12.7. The predicted octanol–water partition coefficient (Wildman–Crippen LogP) is 3.69. The molecule has 3 amide bonds. The molecule has 3 rings (SSSR count). The van der Waals surface area contributed by atoms with E-state index in [-0.39, 0.29) is 17.7 Å². The molecule has 1 fully saturated rings. The van der Waals surface area contributed by atoms with E-state index >= 15 is 0 Å². The second kappa shape index (κ2) is 8.31. The number of carbonyl (C=O) groups excluding carboxylic acids is 3. The van der Waals surface area contributed by atoms with Crippen molar-refractivity contribution in [3.05, 3.63) is 47.0 Å². The van der Waals surface area contributed by atoms with Gasteiger partial charge < -0.3 is 20.3 Å². The van der Waals surface area contributed by atoms with Crippen molar-refractivity contribution in [1.29, 1.82) is 0 Å². The number of carbonyl (C=O) groups is 3. The minimum absolute atomic E-state index is 0.00504. The maximum absolute atomic E-state index is 12.7. The summed E-state index contributed by atoms with van der Waals surface area (Å²) in [5.41, 5.74) is 1.84. The number of nitrogens with one attached hydrogen (secondary N) is 2. The first-order valence-corrected chi connectivity index (χ1v) is 9.13. The Kier molecular flexibility index (Phi) is 5.84. The zero-order chi connectivity index (χ0) is 20.3. The van der Waals surface area contributed by atoms with Crippen LogP contribution in [-0.4, -0.2) is 31.4 Å². The number of methoxy groups -OCH3 is 1. The van der Waals surface area contributed by atoms with Crippen LogP contribution < -0.4 is 20.3 Å². The van der Waals surface area contributed by atoms with Crippen molar-refractivity contribution in [2.45, 2.75) is 19.8 Å². The molecule has 0 aromatic heterocycles. The van der Waals surface area contributed by atoms with Crippen LogP contribution in [0.2, 0.25) is 5.02 Å². The molecule has 2 aromatic rings. The molecule has 2 aromatic carbocycles. The minimum Gasteiger partial charge on any atom is -0.495 e. The molecular weight excluding hydrogens is 382 g/mol. The van der Waals surface area contributed by atoms with Crippen LogP contribution in [0.3, 0.4) is 0 Å². The van der Waals surface area contributed by atoms with E-state index in [4.69, 9.17) is 16.3 Å². The van der Waals surface area contributed by atoms with Crippen LogP contribution in [0, 0.1) is 0 Å². The number of anilines is 3. The SMILES string of the molecule is COc1ccc(NC(=O)c2ccc(Cl)c(N3CCCC3=O)c2)cc1NC(C)=O. The third-order valence-electron chi connectivity index (χ3n) is 4.34. The van der Waals surface area contributed by atoms with Crippen molar-refractivity contribution >= 4 is 46.4 Å². The van der Waals surface area contributed by atoms with Crippen molar-refractivity contribution in [2.75, 3.05) is 29.2 Å². The fraction of sp³-hybridized carbons (Fsp3) is 0.250. The number of halogens is 1. The summed E-state index contributed by atoms with van der Waals surface area (Å²) >= 11 is 6.23. The summed E-state index contributed by atoms with van der Waals surface area (Å²) in [4.78, 5) is 37.6. The molecule has 8 heteroatoms. The van der Waals surface area contributed by atoms with Crippen molar-refractivity contribution in [2.24, 2.45) is 0 Å². The largest absolute Gasteiger partial charge is 0.495 e. The Hall–Kier alpha value is -3.06. The molecule has 1 saturated heterocycles. The third kappa shape index (κ3) is 4.26. The van der Waals surface area contributed by atoms with Gasteiger partial charge in [0.15, 0.2) is 0 Å². The van der Waals surface area contributed by atoms with E-state index < -0.39 is 0 Å². The summed E-state index contributed by atoms with van der Waals surface area (Å²) in [6.45, 7) is 1.97. The summed E-state index contributed by atoms with van der Waals surface area (Å²) in [5.74, 6) is -0.132. The van der Waals surface area contributed by atoms with Gasteiger partial charge in [-0.05, 0) is 42.8 Å². The third-order valence-corrected chi connectivity index (χ3v) is 4.66. The Balaban J connectivity index is 1.83. The first kappa shape index (κ1) is 19.7. The van der Waals surface area contributed by atoms with Gasteiger partial charge in [0.2, 0.25) is 11.8 Å². The molecular formula is C20H20ClN3O4. The Bertz CT molecular complexity index is 945. The topological polar surface area (TPSA) is 87.7 Å². The molecule has 7 nitrogen and oxygen atoms in total. The van der Waals surface area contributed by atoms with Crippen molar-refractivity contribution in [3.63, 3.8) is 0 Å². The van der Waals surface area contributed by atoms with E-state index in [1.54, 1.807) is 41.3 Å². The van der Waals surface area contributed by atoms with E-state index in [0.29, 0.717) is 46.4 Å². The lowest BCUT2D eigenvalue weighted by Crippen LogP contribution is -2.24. The Morgan fingerprint density at radius 1 is 1.14 bits per heavy atom. The Morgan fingerprint density at radius 3 is 2.57 bits per heavy atom. The van der Waals surface area contributed by atoms with Crippen LogP contribution >= 0.6 is 11.6 Å². The lowest BCUT2D eigenvalue weighted by atomic mass is 10.1. The molecule has 0 spiro atoms. The summed E-state index contributed by atoms with van der Waals surface area (Å²) in [5, 5.41) is 5.86. The maximum Gasteiger partial charge on any atom is 0.255 e. The number of benzene rings is 2. The lowest BCUT2D eigenvalue weighted by molar-refractivity contribution is -0.117. The molecule has 2 N–H and O–H groups in total. The van der Waals surface area contributed by atoms with Crippen molar-refractivity contribution < 1.29 is 19.1 Å². The van der Waals surface area contributed by atoms with Gasteiger partial charge in [-0.3, -0.25) is 14.4 Å². The van der Waals surface area contributed by atoms with E-state index in [0.717, 1.165) is 6.42 Å². The van der Waals surface area contributed by atoms with Gasteiger partial charge in [-0.2, -0.15) is 0 Å². The van der Waals surface area contributed by atoms with Crippen LogP contribution in [-0.2, 0) is 9.59 Å². The van der Waals surface area contributed by atoms with E-state index in [1.165, 1.54) is 14.0 Å². The zero-order valence-electron chi connectivity index (χ0n) is 15.5. The Labute approximate surface area is 167 Å². The van der Waals surface area contributed by atoms with Gasteiger partial charge in [0.25, 0.3) is 5.91 Å². The number of nitrogens with zero attached hydrogens (tertiary/aromatic N) is 1. The molecule has 146 valence electrons. The second-order valence-corrected chi connectivity index (χ2v) is 6.77. The molecule has 0 radical (unpaired) electrons. The fourth-order valence-corrected chi connectivity index (χ4v) is 3.26. The smallest absolute Gasteiger partial charge is 0.255 e. The van der Waals surface area contributed by atoms with Crippen molar-refractivity contribution in [1.82, 2.24) is 0 Å². The second-order valence-electron chi connectivity index (χ2n) is 6.37. The highest BCUT2D eigenvalue weighted by Gasteiger charge is 2.24. The number of amides is 3. The molecule has 0 bridgehead atoms. The first-order valence-electron chi connectivity index (χ1n) is 8.76. The highest BCUT2D eigenvalue weighted by Crippen LogP contribution is 2.31. The summed E-state index contributed by atoms with van der Waals surface area (Å²) < 4.78 is 5.21. The molecule has 1 heterocycles.